The minimum absolute atomic E-state index is 0.000728. The van der Waals surface area contributed by atoms with Crippen LogP contribution in [0.15, 0.2) is 41.2 Å². The minimum Gasteiger partial charge on any atom is -0.481 e. The first-order chi connectivity index (χ1) is 12.4. The third-order valence-corrected chi connectivity index (χ3v) is 5.43. The van der Waals surface area contributed by atoms with E-state index >= 15 is 0 Å². The zero-order valence-electron chi connectivity index (χ0n) is 14.7. The fourth-order valence-corrected chi connectivity index (χ4v) is 3.75. The number of thiazole rings is 1. The molecule has 0 radical (unpaired) electrons. The standard InChI is InChI=1S/C19H19ClN2O3S/c1-4-22-16-8-5-13(10-17(16)26-19(22)24)21-18(23)12(3)25-14-6-7-15(20)11(2)9-14/h5-10,12H,4H2,1-3H3,(H,21,23). The highest BCUT2D eigenvalue weighted by Gasteiger charge is 2.16. The maximum absolute atomic E-state index is 12.4. The molecule has 0 fully saturated rings. The first kappa shape index (κ1) is 18.5. The third-order valence-electron chi connectivity index (χ3n) is 4.06. The Bertz CT molecular complexity index is 1030. The van der Waals surface area contributed by atoms with Crippen LogP contribution in [0.1, 0.15) is 19.4 Å². The van der Waals surface area contributed by atoms with E-state index in [1.54, 1.807) is 35.8 Å². The number of nitrogens with zero attached hydrogens (tertiary/aromatic N) is 1. The summed E-state index contributed by atoms with van der Waals surface area (Å²) in [5.41, 5.74) is 2.40. The van der Waals surface area contributed by atoms with Crippen LogP contribution in [0.3, 0.4) is 0 Å². The molecule has 1 N–H and O–H groups in total. The number of hydrogen-bond donors (Lipinski definition) is 1. The first-order valence-electron chi connectivity index (χ1n) is 8.26. The number of aryl methyl sites for hydroxylation is 2. The molecule has 0 saturated carbocycles. The molecule has 0 saturated heterocycles. The van der Waals surface area contributed by atoms with Crippen molar-refractivity contribution in [3.63, 3.8) is 0 Å². The molecule has 0 aliphatic heterocycles. The van der Waals surface area contributed by atoms with E-state index < -0.39 is 6.10 Å². The van der Waals surface area contributed by atoms with Crippen molar-refractivity contribution in [2.24, 2.45) is 0 Å². The first-order valence-corrected chi connectivity index (χ1v) is 9.45. The van der Waals surface area contributed by atoms with Crippen molar-refractivity contribution in [2.45, 2.75) is 33.4 Å². The van der Waals surface area contributed by atoms with Crippen LogP contribution in [0, 0.1) is 6.92 Å². The normalized spacial score (nSPS) is 12.2. The Labute approximate surface area is 160 Å². The number of carbonyl (C=O) groups is 1. The van der Waals surface area contributed by atoms with Gasteiger partial charge in [0.05, 0.1) is 10.2 Å². The number of nitrogens with one attached hydrogen (secondary N) is 1. The van der Waals surface area contributed by atoms with Crippen LogP contribution in [-0.2, 0) is 11.3 Å². The number of hydrogen-bond acceptors (Lipinski definition) is 4. The summed E-state index contributed by atoms with van der Waals surface area (Å²) in [4.78, 5) is 24.3. The Morgan fingerprint density at radius 2 is 2.08 bits per heavy atom. The molecule has 0 aliphatic rings. The molecule has 3 aromatic rings. The maximum Gasteiger partial charge on any atom is 0.308 e. The highest BCUT2D eigenvalue weighted by Crippen LogP contribution is 2.24. The van der Waals surface area contributed by atoms with Gasteiger partial charge in [-0.1, -0.05) is 22.9 Å². The Hall–Kier alpha value is -2.31. The number of aromatic nitrogens is 1. The van der Waals surface area contributed by atoms with Crippen molar-refractivity contribution in [3.8, 4) is 5.75 Å². The fourth-order valence-electron chi connectivity index (χ4n) is 2.64. The molecule has 136 valence electrons. The van der Waals surface area contributed by atoms with Gasteiger partial charge < -0.3 is 10.1 Å². The van der Waals surface area contributed by atoms with E-state index in [4.69, 9.17) is 16.3 Å². The highest BCUT2D eigenvalue weighted by atomic mass is 35.5. The summed E-state index contributed by atoms with van der Waals surface area (Å²) in [6.45, 7) is 6.11. The monoisotopic (exact) mass is 390 g/mol. The van der Waals surface area contributed by atoms with E-state index in [-0.39, 0.29) is 10.8 Å². The van der Waals surface area contributed by atoms with Gasteiger partial charge in [0, 0.05) is 17.3 Å². The summed E-state index contributed by atoms with van der Waals surface area (Å²) in [5, 5.41) is 3.49. The van der Waals surface area contributed by atoms with Gasteiger partial charge in [0.1, 0.15) is 5.75 Å². The van der Waals surface area contributed by atoms with Gasteiger partial charge >= 0.3 is 4.87 Å². The van der Waals surface area contributed by atoms with Crippen LogP contribution in [0.4, 0.5) is 5.69 Å². The molecule has 26 heavy (non-hydrogen) atoms. The topological polar surface area (TPSA) is 60.3 Å². The van der Waals surface area contributed by atoms with Crippen LogP contribution < -0.4 is 14.9 Å². The molecule has 0 aliphatic carbocycles. The van der Waals surface area contributed by atoms with E-state index in [1.165, 1.54) is 11.3 Å². The van der Waals surface area contributed by atoms with Crippen molar-refractivity contribution in [1.82, 2.24) is 4.57 Å². The average molecular weight is 391 g/mol. The van der Waals surface area contributed by atoms with Gasteiger partial charge in [0.2, 0.25) is 0 Å². The average Bonchev–Trinajstić information content (AvgIpc) is 2.92. The Morgan fingerprint density at radius 3 is 2.77 bits per heavy atom. The number of carbonyl (C=O) groups excluding carboxylic acids is 1. The van der Waals surface area contributed by atoms with E-state index in [1.807, 2.05) is 26.0 Å². The summed E-state index contributed by atoms with van der Waals surface area (Å²) >= 11 is 7.17. The summed E-state index contributed by atoms with van der Waals surface area (Å²) in [7, 11) is 0. The molecule has 2 aromatic carbocycles. The van der Waals surface area contributed by atoms with Crippen LogP contribution in [0.25, 0.3) is 10.2 Å². The second kappa shape index (κ2) is 7.51. The van der Waals surface area contributed by atoms with Crippen molar-refractivity contribution in [3.05, 3.63) is 56.7 Å². The molecule has 0 spiro atoms. The van der Waals surface area contributed by atoms with Gasteiger partial charge in [0.15, 0.2) is 6.10 Å². The lowest BCUT2D eigenvalue weighted by molar-refractivity contribution is -0.122. The number of anilines is 1. The van der Waals surface area contributed by atoms with Crippen LogP contribution in [0.2, 0.25) is 5.02 Å². The Morgan fingerprint density at radius 1 is 1.31 bits per heavy atom. The van der Waals surface area contributed by atoms with Crippen molar-refractivity contribution < 1.29 is 9.53 Å². The second-order valence-electron chi connectivity index (χ2n) is 5.96. The minimum atomic E-state index is -0.676. The van der Waals surface area contributed by atoms with E-state index in [0.29, 0.717) is 23.0 Å². The molecule has 1 amide bonds. The van der Waals surface area contributed by atoms with Crippen molar-refractivity contribution in [2.75, 3.05) is 5.32 Å². The number of rotatable bonds is 5. The van der Waals surface area contributed by atoms with Gasteiger partial charge in [-0.3, -0.25) is 14.2 Å². The van der Waals surface area contributed by atoms with Gasteiger partial charge in [-0.05, 0) is 62.7 Å². The number of halogens is 1. The van der Waals surface area contributed by atoms with E-state index in [2.05, 4.69) is 5.32 Å². The number of fused-ring (bicyclic) bond motifs is 1. The molecule has 0 bridgehead atoms. The summed E-state index contributed by atoms with van der Waals surface area (Å²) in [6, 6.07) is 10.7. The number of amides is 1. The molecular formula is C19H19ClN2O3S. The summed E-state index contributed by atoms with van der Waals surface area (Å²) in [6.07, 6.45) is -0.676. The second-order valence-corrected chi connectivity index (χ2v) is 7.36. The zero-order valence-corrected chi connectivity index (χ0v) is 16.3. The predicted octanol–water partition coefficient (Wildman–Crippen LogP) is 4.45. The van der Waals surface area contributed by atoms with Crippen LogP contribution in [0.5, 0.6) is 5.75 Å². The van der Waals surface area contributed by atoms with Gasteiger partial charge in [-0.2, -0.15) is 0 Å². The van der Waals surface area contributed by atoms with E-state index in [9.17, 15) is 9.59 Å². The predicted molar refractivity (Wildman–Crippen MR) is 107 cm³/mol. The SMILES string of the molecule is CCn1c(=O)sc2cc(NC(=O)C(C)Oc3ccc(Cl)c(C)c3)ccc21. The zero-order chi connectivity index (χ0) is 18.8. The lowest BCUT2D eigenvalue weighted by Crippen LogP contribution is -2.30. The lowest BCUT2D eigenvalue weighted by Gasteiger charge is -2.15. The molecule has 1 atom stereocenters. The Kier molecular flexibility index (Phi) is 5.34. The van der Waals surface area contributed by atoms with Crippen molar-refractivity contribution in [1.29, 1.82) is 0 Å². The highest BCUT2D eigenvalue weighted by molar-refractivity contribution is 7.16. The van der Waals surface area contributed by atoms with E-state index in [0.717, 1.165) is 15.8 Å². The molecule has 5 nitrogen and oxygen atoms in total. The largest absolute Gasteiger partial charge is 0.481 e. The maximum atomic E-state index is 12.4. The summed E-state index contributed by atoms with van der Waals surface area (Å²) < 4.78 is 8.24. The van der Waals surface area contributed by atoms with Crippen molar-refractivity contribution >= 4 is 44.7 Å². The molecular weight excluding hydrogens is 372 g/mol. The Balaban J connectivity index is 1.73. The molecule has 1 unspecified atom stereocenters. The van der Waals surface area contributed by atoms with Crippen LogP contribution >= 0.6 is 22.9 Å². The lowest BCUT2D eigenvalue weighted by atomic mass is 10.2. The fraction of sp³-hybridized carbons (Fsp3) is 0.263. The molecule has 3 rings (SSSR count). The number of ether oxygens (including phenoxy) is 1. The molecule has 1 aromatic heterocycles. The van der Waals surface area contributed by atoms with Gasteiger partial charge in [-0.15, -0.1) is 0 Å². The molecule has 1 heterocycles. The van der Waals surface area contributed by atoms with Gasteiger partial charge in [0.25, 0.3) is 5.91 Å². The third kappa shape index (κ3) is 3.76. The van der Waals surface area contributed by atoms with Crippen LogP contribution in [-0.4, -0.2) is 16.6 Å². The smallest absolute Gasteiger partial charge is 0.308 e. The quantitative estimate of drug-likeness (QED) is 0.700. The number of benzene rings is 2. The molecule has 7 heteroatoms. The van der Waals surface area contributed by atoms with Gasteiger partial charge in [-0.25, -0.2) is 0 Å². The summed E-state index contributed by atoms with van der Waals surface area (Å²) in [5.74, 6) is 0.322.